The number of ether oxygens (including phenoxy) is 1. The summed E-state index contributed by atoms with van der Waals surface area (Å²) in [5.74, 6) is 0.381. The summed E-state index contributed by atoms with van der Waals surface area (Å²) in [5.41, 5.74) is 4.96. The number of rotatable bonds is 6. The standard InChI is InChI=1S/C24H27N7O3/c1-15-13-20(26-22(32)16(2)34-18-11-7-4-8-12-18)31(29-15)24-27-21-19(23(33)28-24)14-25-30(21)17-9-5-3-6-10-17/h3-13,16,19,21,24-25,27H,14H2,1-2H3,(H,26,32)(H,28,33). The van der Waals surface area contributed by atoms with Crippen LogP contribution in [0.3, 0.4) is 0 Å². The van der Waals surface area contributed by atoms with Crippen LogP contribution in [0.2, 0.25) is 0 Å². The van der Waals surface area contributed by atoms with Crippen LogP contribution in [0, 0.1) is 12.8 Å². The molecule has 2 aromatic carbocycles. The number of fused-ring (bicyclic) bond motifs is 1. The lowest BCUT2D eigenvalue weighted by Gasteiger charge is -2.37. The number of hydrogen-bond acceptors (Lipinski definition) is 7. The number of aromatic nitrogens is 2. The molecule has 176 valence electrons. The van der Waals surface area contributed by atoms with Crippen molar-refractivity contribution >= 4 is 23.3 Å². The highest BCUT2D eigenvalue weighted by Gasteiger charge is 2.45. The molecule has 2 aliphatic rings. The summed E-state index contributed by atoms with van der Waals surface area (Å²) in [5, 5.41) is 15.8. The SMILES string of the molecule is Cc1cc(NC(=O)C(C)Oc2ccccc2)n(C2NC(=O)C3CNN(c4ccccc4)C3N2)n1. The van der Waals surface area contributed by atoms with E-state index in [1.54, 1.807) is 29.8 Å². The number of nitrogens with one attached hydrogen (secondary N) is 4. The predicted octanol–water partition coefficient (Wildman–Crippen LogP) is 1.74. The van der Waals surface area contributed by atoms with Crippen molar-refractivity contribution in [3.8, 4) is 5.75 Å². The van der Waals surface area contributed by atoms with E-state index in [2.05, 4.69) is 26.5 Å². The van der Waals surface area contributed by atoms with Crippen LogP contribution < -0.4 is 31.1 Å². The average molecular weight is 462 g/mol. The molecule has 3 heterocycles. The van der Waals surface area contributed by atoms with Crippen molar-refractivity contribution < 1.29 is 14.3 Å². The van der Waals surface area contributed by atoms with Crippen molar-refractivity contribution in [1.82, 2.24) is 25.8 Å². The second-order valence-electron chi connectivity index (χ2n) is 8.37. The van der Waals surface area contributed by atoms with Gasteiger partial charge in [-0.05, 0) is 38.1 Å². The number of carbonyl (C=O) groups excluding carboxylic acids is 2. The largest absolute Gasteiger partial charge is 0.481 e. The van der Waals surface area contributed by atoms with Crippen molar-refractivity contribution in [3.05, 3.63) is 72.4 Å². The minimum Gasteiger partial charge on any atom is -0.481 e. The Kier molecular flexibility index (Phi) is 5.91. The summed E-state index contributed by atoms with van der Waals surface area (Å²) in [6, 6.07) is 20.7. The highest BCUT2D eigenvalue weighted by molar-refractivity contribution is 5.93. The second kappa shape index (κ2) is 9.16. The van der Waals surface area contributed by atoms with Gasteiger partial charge in [0.25, 0.3) is 5.91 Å². The summed E-state index contributed by atoms with van der Waals surface area (Å²) in [6.45, 7) is 4.03. The monoisotopic (exact) mass is 461 g/mol. The van der Waals surface area contributed by atoms with Gasteiger partial charge in [-0.25, -0.2) is 10.1 Å². The number of benzene rings is 2. The summed E-state index contributed by atoms with van der Waals surface area (Å²) in [4.78, 5) is 25.8. The number of amides is 2. The number of nitrogens with zero attached hydrogens (tertiary/aromatic N) is 3. The van der Waals surface area contributed by atoms with Crippen molar-refractivity contribution in [2.75, 3.05) is 16.9 Å². The maximum atomic E-state index is 12.9. The van der Waals surface area contributed by atoms with E-state index in [1.807, 2.05) is 60.5 Å². The number of hydrazine groups is 1. The fraction of sp³-hybridized carbons (Fsp3) is 0.292. The maximum absolute atomic E-state index is 12.9. The molecule has 1 aromatic heterocycles. The van der Waals surface area contributed by atoms with Gasteiger partial charge < -0.3 is 15.4 Å². The van der Waals surface area contributed by atoms with Crippen LogP contribution in [-0.4, -0.2) is 40.4 Å². The Balaban J connectivity index is 1.33. The van der Waals surface area contributed by atoms with E-state index in [9.17, 15) is 9.59 Å². The molecule has 2 fully saturated rings. The molecule has 0 bridgehead atoms. The van der Waals surface area contributed by atoms with Gasteiger partial charge in [0.15, 0.2) is 12.4 Å². The Bertz CT molecular complexity index is 1170. The first-order valence-corrected chi connectivity index (χ1v) is 11.2. The van der Waals surface area contributed by atoms with Crippen molar-refractivity contribution in [1.29, 1.82) is 0 Å². The van der Waals surface area contributed by atoms with Gasteiger partial charge in [0, 0.05) is 12.6 Å². The number of hydrogen-bond donors (Lipinski definition) is 4. The van der Waals surface area contributed by atoms with Crippen LogP contribution in [0.5, 0.6) is 5.75 Å². The quantitative estimate of drug-likeness (QED) is 0.442. The Morgan fingerprint density at radius 1 is 1.15 bits per heavy atom. The fourth-order valence-electron chi connectivity index (χ4n) is 4.22. The zero-order valence-corrected chi connectivity index (χ0v) is 18.9. The molecule has 4 unspecified atom stereocenters. The molecule has 0 aliphatic carbocycles. The van der Waals surface area contributed by atoms with Crippen LogP contribution in [0.1, 0.15) is 18.9 Å². The molecule has 0 saturated carbocycles. The summed E-state index contributed by atoms with van der Waals surface area (Å²) in [7, 11) is 0. The van der Waals surface area contributed by atoms with Gasteiger partial charge in [0.05, 0.1) is 17.3 Å². The van der Waals surface area contributed by atoms with Gasteiger partial charge >= 0.3 is 0 Å². The topological polar surface area (TPSA) is 113 Å². The molecule has 0 radical (unpaired) electrons. The van der Waals surface area contributed by atoms with Crippen LogP contribution in [0.4, 0.5) is 11.5 Å². The first-order valence-electron chi connectivity index (χ1n) is 11.2. The van der Waals surface area contributed by atoms with Gasteiger partial charge in [0.2, 0.25) is 5.91 Å². The first kappa shape index (κ1) is 21.9. The van der Waals surface area contributed by atoms with Gasteiger partial charge in [-0.15, -0.1) is 0 Å². The van der Waals surface area contributed by atoms with Crippen LogP contribution in [0.15, 0.2) is 66.7 Å². The smallest absolute Gasteiger partial charge is 0.266 e. The van der Waals surface area contributed by atoms with E-state index >= 15 is 0 Å². The highest BCUT2D eigenvalue weighted by Crippen LogP contribution is 2.27. The van der Waals surface area contributed by atoms with E-state index in [1.165, 1.54) is 0 Å². The van der Waals surface area contributed by atoms with Crippen molar-refractivity contribution in [2.45, 2.75) is 32.4 Å². The van der Waals surface area contributed by atoms with E-state index in [4.69, 9.17) is 4.74 Å². The van der Waals surface area contributed by atoms with Crippen molar-refractivity contribution in [2.24, 2.45) is 5.92 Å². The Morgan fingerprint density at radius 2 is 1.85 bits per heavy atom. The number of aryl methyl sites for hydroxylation is 1. The predicted molar refractivity (Wildman–Crippen MR) is 127 cm³/mol. The Labute approximate surface area is 197 Å². The minimum absolute atomic E-state index is 0.0918. The number of carbonyl (C=O) groups is 2. The summed E-state index contributed by atoms with van der Waals surface area (Å²) < 4.78 is 7.32. The van der Waals surface area contributed by atoms with Gasteiger partial charge in [-0.1, -0.05) is 36.4 Å². The zero-order valence-electron chi connectivity index (χ0n) is 18.9. The Morgan fingerprint density at radius 3 is 2.59 bits per heavy atom. The van der Waals surface area contributed by atoms with Crippen LogP contribution in [-0.2, 0) is 9.59 Å². The molecule has 0 spiro atoms. The lowest BCUT2D eigenvalue weighted by molar-refractivity contribution is -0.129. The zero-order chi connectivity index (χ0) is 23.7. The number of para-hydroxylation sites is 2. The molecule has 5 rings (SSSR count). The molecule has 10 nitrogen and oxygen atoms in total. The minimum atomic E-state index is -0.725. The van der Waals surface area contributed by atoms with E-state index in [0.717, 1.165) is 5.69 Å². The summed E-state index contributed by atoms with van der Waals surface area (Å²) in [6.07, 6.45) is -1.65. The summed E-state index contributed by atoms with van der Waals surface area (Å²) >= 11 is 0. The lowest BCUT2D eigenvalue weighted by atomic mass is 10.0. The highest BCUT2D eigenvalue weighted by atomic mass is 16.5. The molecule has 10 heteroatoms. The molecule has 4 atom stereocenters. The van der Waals surface area contributed by atoms with Crippen LogP contribution >= 0.6 is 0 Å². The van der Waals surface area contributed by atoms with Gasteiger partial charge in [-0.3, -0.25) is 19.9 Å². The normalized spacial score (nSPS) is 22.6. The lowest BCUT2D eigenvalue weighted by Crippen LogP contribution is -2.62. The molecule has 3 aromatic rings. The average Bonchev–Trinajstić information content (AvgIpc) is 3.43. The molecular formula is C24H27N7O3. The third-order valence-corrected chi connectivity index (χ3v) is 5.90. The van der Waals surface area contributed by atoms with Crippen molar-refractivity contribution in [3.63, 3.8) is 0 Å². The second-order valence-corrected chi connectivity index (χ2v) is 8.37. The number of anilines is 2. The van der Waals surface area contributed by atoms with E-state index < -0.39 is 12.4 Å². The first-order chi connectivity index (χ1) is 16.5. The fourth-order valence-corrected chi connectivity index (χ4v) is 4.22. The molecule has 2 saturated heterocycles. The molecule has 2 aliphatic heterocycles. The maximum Gasteiger partial charge on any atom is 0.266 e. The van der Waals surface area contributed by atoms with Crippen LogP contribution in [0.25, 0.3) is 0 Å². The Hall–Kier alpha value is -3.89. The molecular weight excluding hydrogens is 434 g/mol. The van der Waals surface area contributed by atoms with Gasteiger partial charge in [-0.2, -0.15) is 5.10 Å². The molecule has 34 heavy (non-hydrogen) atoms. The molecule has 2 amide bonds. The van der Waals surface area contributed by atoms with E-state index in [-0.39, 0.29) is 23.9 Å². The van der Waals surface area contributed by atoms with Gasteiger partial charge in [0.1, 0.15) is 17.7 Å². The molecule has 4 N–H and O–H groups in total. The third-order valence-electron chi connectivity index (χ3n) is 5.90. The van der Waals surface area contributed by atoms with E-state index in [0.29, 0.717) is 23.8 Å². The third kappa shape index (κ3) is 4.33.